The Morgan fingerprint density at radius 1 is 1.40 bits per heavy atom. The highest BCUT2D eigenvalue weighted by atomic mass is 16.4. The van der Waals surface area contributed by atoms with Gasteiger partial charge in [-0.15, -0.1) is 0 Å². The molecule has 0 heterocycles. The molecule has 0 saturated carbocycles. The quantitative estimate of drug-likeness (QED) is 0.510. The molecule has 0 rings (SSSR count). The van der Waals surface area contributed by atoms with Crippen LogP contribution in [0.2, 0.25) is 0 Å². The van der Waals surface area contributed by atoms with Crippen LogP contribution in [0.4, 0.5) is 0 Å². The molecule has 88 valence electrons. The molecule has 0 radical (unpaired) electrons. The lowest BCUT2D eigenvalue weighted by atomic mass is 10.1. The number of carboxylic acid groups (broad SMARTS) is 1. The molecule has 0 aromatic carbocycles. The van der Waals surface area contributed by atoms with Crippen LogP contribution in [0.3, 0.4) is 0 Å². The molecule has 5 nitrogen and oxygen atoms in total. The van der Waals surface area contributed by atoms with Gasteiger partial charge in [0.15, 0.2) is 0 Å². The normalized spacial score (nSPS) is 12.1. The molecule has 0 aliphatic rings. The fraction of sp³-hybridized carbons (Fsp3) is 0.800. The maximum atomic E-state index is 11.2. The Hall–Kier alpha value is -1.10. The van der Waals surface area contributed by atoms with Crippen LogP contribution in [-0.2, 0) is 9.59 Å². The molecule has 0 aliphatic carbocycles. The molecule has 1 atom stereocenters. The number of unbranched alkanes of at least 4 members (excludes halogenated alkanes) is 1. The van der Waals surface area contributed by atoms with Gasteiger partial charge in [-0.1, -0.05) is 6.92 Å². The summed E-state index contributed by atoms with van der Waals surface area (Å²) in [6.07, 6.45) is 2.19. The molecule has 1 amide bonds. The van der Waals surface area contributed by atoms with Crippen LogP contribution in [0.15, 0.2) is 0 Å². The van der Waals surface area contributed by atoms with Gasteiger partial charge in [0.05, 0.1) is 0 Å². The number of rotatable bonds is 8. The summed E-state index contributed by atoms with van der Waals surface area (Å²) >= 11 is 0. The van der Waals surface area contributed by atoms with Crippen LogP contribution in [0.5, 0.6) is 0 Å². The number of hydrogen-bond donors (Lipinski definition) is 3. The number of carbonyl (C=O) groups is 2. The summed E-state index contributed by atoms with van der Waals surface area (Å²) < 4.78 is 0. The number of hydrogen-bond acceptors (Lipinski definition) is 3. The summed E-state index contributed by atoms with van der Waals surface area (Å²) in [6, 6.07) is 0. The second kappa shape index (κ2) is 8.23. The van der Waals surface area contributed by atoms with Gasteiger partial charge in [0.2, 0.25) is 5.91 Å². The Morgan fingerprint density at radius 2 is 2.07 bits per heavy atom. The minimum atomic E-state index is -0.833. The summed E-state index contributed by atoms with van der Waals surface area (Å²) in [7, 11) is 0. The smallest absolute Gasteiger partial charge is 0.303 e. The molecular weight excluding hydrogens is 196 g/mol. The van der Waals surface area contributed by atoms with Crippen molar-refractivity contribution in [2.75, 3.05) is 13.1 Å². The van der Waals surface area contributed by atoms with Gasteiger partial charge >= 0.3 is 5.97 Å². The zero-order chi connectivity index (χ0) is 11.7. The van der Waals surface area contributed by atoms with Crippen molar-refractivity contribution in [1.82, 2.24) is 5.32 Å². The van der Waals surface area contributed by atoms with E-state index in [1.165, 1.54) is 0 Å². The van der Waals surface area contributed by atoms with Crippen molar-refractivity contribution < 1.29 is 14.7 Å². The Bertz CT molecular complexity index is 207. The fourth-order valence-corrected chi connectivity index (χ4v) is 1.18. The van der Waals surface area contributed by atoms with Crippen molar-refractivity contribution in [3.05, 3.63) is 0 Å². The summed E-state index contributed by atoms with van der Waals surface area (Å²) in [5.74, 6) is -0.887. The second-order valence-corrected chi connectivity index (χ2v) is 3.75. The van der Waals surface area contributed by atoms with Crippen LogP contribution in [0, 0.1) is 5.92 Å². The molecule has 0 spiro atoms. The molecule has 0 aromatic rings. The number of nitrogens with one attached hydrogen (secondary N) is 1. The van der Waals surface area contributed by atoms with Crippen LogP contribution < -0.4 is 11.1 Å². The van der Waals surface area contributed by atoms with E-state index in [2.05, 4.69) is 5.32 Å². The number of carbonyl (C=O) groups excluding carboxylic acids is 1. The number of nitrogens with two attached hydrogens (primary N) is 1. The molecular formula is C10H20N2O3. The first kappa shape index (κ1) is 13.9. The lowest BCUT2D eigenvalue weighted by Gasteiger charge is -2.09. The van der Waals surface area contributed by atoms with Crippen molar-refractivity contribution >= 4 is 11.9 Å². The van der Waals surface area contributed by atoms with Gasteiger partial charge in [0.25, 0.3) is 0 Å². The molecule has 0 aliphatic heterocycles. The molecule has 5 heteroatoms. The van der Waals surface area contributed by atoms with Gasteiger partial charge in [-0.25, -0.2) is 0 Å². The van der Waals surface area contributed by atoms with E-state index < -0.39 is 5.97 Å². The Kier molecular flexibility index (Phi) is 7.62. The largest absolute Gasteiger partial charge is 0.481 e. The predicted molar refractivity (Wildman–Crippen MR) is 57.3 cm³/mol. The maximum absolute atomic E-state index is 11.2. The van der Waals surface area contributed by atoms with E-state index in [4.69, 9.17) is 10.8 Å². The molecule has 0 fully saturated rings. The third-order valence-corrected chi connectivity index (χ3v) is 2.03. The molecule has 0 aromatic heterocycles. The Balaban J connectivity index is 3.48. The molecule has 4 N–H and O–H groups in total. The Labute approximate surface area is 90.0 Å². The molecule has 1 unspecified atom stereocenters. The number of carboxylic acids is 1. The van der Waals surface area contributed by atoms with E-state index in [1.54, 1.807) is 6.92 Å². The first-order chi connectivity index (χ1) is 7.06. The standard InChI is InChI=1S/C10H20N2O3/c1-8(6-10(14)15)7-12-9(13)4-2-3-5-11/h8H,2-7,11H2,1H3,(H,12,13)(H,14,15). The van der Waals surface area contributed by atoms with E-state index in [9.17, 15) is 9.59 Å². The van der Waals surface area contributed by atoms with E-state index in [-0.39, 0.29) is 18.2 Å². The highest BCUT2D eigenvalue weighted by Gasteiger charge is 2.08. The van der Waals surface area contributed by atoms with Gasteiger partial charge < -0.3 is 16.2 Å². The first-order valence-electron chi connectivity index (χ1n) is 5.24. The summed E-state index contributed by atoms with van der Waals surface area (Å²) in [5.41, 5.74) is 5.29. The monoisotopic (exact) mass is 216 g/mol. The zero-order valence-corrected chi connectivity index (χ0v) is 9.16. The third kappa shape index (κ3) is 9.21. The van der Waals surface area contributed by atoms with Gasteiger partial charge in [0, 0.05) is 19.4 Å². The minimum Gasteiger partial charge on any atom is -0.481 e. The molecule has 0 bridgehead atoms. The van der Waals surface area contributed by atoms with E-state index >= 15 is 0 Å². The topological polar surface area (TPSA) is 92.4 Å². The number of aliphatic carboxylic acids is 1. The molecule has 15 heavy (non-hydrogen) atoms. The van der Waals surface area contributed by atoms with Crippen LogP contribution >= 0.6 is 0 Å². The summed E-state index contributed by atoms with van der Waals surface area (Å²) in [4.78, 5) is 21.5. The van der Waals surface area contributed by atoms with Gasteiger partial charge in [-0.05, 0) is 25.3 Å². The van der Waals surface area contributed by atoms with Crippen LogP contribution in [0.25, 0.3) is 0 Å². The zero-order valence-electron chi connectivity index (χ0n) is 9.16. The maximum Gasteiger partial charge on any atom is 0.303 e. The third-order valence-electron chi connectivity index (χ3n) is 2.03. The van der Waals surface area contributed by atoms with E-state index in [1.807, 2.05) is 0 Å². The van der Waals surface area contributed by atoms with Crippen molar-refractivity contribution in [2.45, 2.75) is 32.6 Å². The first-order valence-corrected chi connectivity index (χ1v) is 5.24. The van der Waals surface area contributed by atoms with Crippen molar-refractivity contribution in [3.63, 3.8) is 0 Å². The predicted octanol–water partition coefficient (Wildman–Crippen LogP) is 0.342. The highest BCUT2D eigenvalue weighted by molar-refractivity contribution is 5.75. The van der Waals surface area contributed by atoms with Crippen molar-refractivity contribution in [2.24, 2.45) is 11.7 Å². The summed E-state index contributed by atoms with van der Waals surface area (Å²) in [5, 5.41) is 11.2. The highest BCUT2D eigenvalue weighted by Crippen LogP contribution is 2.00. The second-order valence-electron chi connectivity index (χ2n) is 3.75. The number of amides is 1. The lowest BCUT2D eigenvalue weighted by molar-refractivity contribution is -0.138. The minimum absolute atomic E-state index is 0.0269. The fourth-order valence-electron chi connectivity index (χ4n) is 1.18. The lowest BCUT2D eigenvalue weighted by Crippen LogP contribution is -2.29. The molecule has 0 saturated heterocycles. The Morgan fingerprint density at radius 3 is 2.60 bits per heavy atom. The van der Waals surface area contributed by atoms with E-state index in [0.29, 0.717) is 19.5 Å². The van der Waals surface area contributed by atoms with Gasteiger partial charge in [-0.2, -0.15) is 0 Å². The van der Waals surface area contributed by atoms with Crippen molar-refractivity contribution in [3.8, 4) is 0 Å². The summed E-state index contributed by atoms with van der Waals surface area (Å²) in [6.45, 7) is 2.82. The van der Waals surface area contributed by atoms with Crippen molar-refractivity contribution in [1.29, 1.82) is 0 Å². The average molecular weight is 216 g/mol. The van der Waals surface area contributed by atoms with Crippen LogP contribution in [-0.4, -0.2) is 30.1 Å². The van der Waals surface area contributed by atoms with Gasteiger partial charge in [0.1, 0.15) is 0 Å². The van der Waals surface area contributed by atoms with Crippen LogP contribution in [0.1, 0.15) is 32.6 Å². The SMILES string of the molecule is CC(CNC(=O)CCCCN)CC(=O)O. The van der Waals surface area contributed by atoms with Gasteiger partial charge in [-0.3, -0.25) is 9.59 Å². The van der Waals surface area contributed by atoms with E-state index in [0.717, 1.165) is 12.8 Å². The average Bonchev–Trinajstić information content (AvgIpc) is 2.14.